The van der Waals surface area contributed by atoms with Gasteiger partial charge < -0.3 is 21.1 Å². The highest BCUT2D eigenvalue weighted by Gasteiger charge is 2.31. The van der Waals surface area contributed by atoms with Crippen LogP contribution in [0.15, 0.2) is 59.8 Å². The minimum Gasteiger partial charge on any atom is -0.463 e. The van der Waals surface area contributed by atoms with Crippen molar-refractivity contribution in [1.82, 2.24) is 5.32 Å². The van der Waals surface area contributed by atoms with Gasteiger partial charge in [0.15, 0.2) is 0 Å². The minimum absolute atomic E-state index is 0.169. The third kappa shape index (κ3) is 10.4. The fourth-order valence-electron chi connectivity index (χ4n) is 4.00. The number of esters is 1. The van der Waals surface area contributed by atoms with Crippen LogP contribution in [0.25, 0.3) is 0 Å². The number of anilines is 2. The number of ether oxygens (including phenoxy) is 1. The first-order valence-electron chi connectivity index (χ1n) is 12.6. The zero-order valence-electron chi connectivity index (χ0n) is 21.5. The molecule has 1 atom stereocenters. The van der Waals surface area contributed by atoms with Crippen molar-refractivity contribution in [2.75, 3.05) is 29.5 Å². The normalized spacial score (nSPS) is 13.1. The van der Waals surface area contributed by atoms with Crippen LogP contribution >= 0.6 is 15.9 Å². The van der Waals surface area contributed by atoms with Crippen LogP contribution in [0, 0.1) is 0 Å². The standard InChI is InChI=1S/C28H37BrF3N3O2/c1-3-37-27(36)25(20(2)35-24-12-10-11-22(19-24)28(30,31)32)26(21-13-15-23(33)16-14-21)34-18-9-7-5-4-6-8-17-29/h10-16,19,26,34-35H,3-9,17-18,33H2,1-2H3/b25-20+. The second kappa shape index (κ2) is 15.7. The Kier molecular flexibility index (Phi) is 13.0. The van der Waals surface area contributed by atoms with E-state index in [1.54, 1.807) is 26.0 Å². The molecular formula is C28H37BrF3N3O2. The number of hydrogen-bond donors (Lipinski definition) is 3. The summed E-state index contributed by atoms with van der Waals surface area (Å²) in [5, 5.41) is 7.49. The summed E-state index contributed by atoms with van der Waals surface area (Å²) in [4.78, 5) is 13.1. The van der Waals surface area contributed by atoms with Crippen molar-refractivity contribution in [3.8, 4) is 0 Å². The number of carbonyl (C=O) groups is 1. The van der Waals surface area contributed by atoms with E-state index in [0.29, 0.717) is 23.5 Å². The number of rotatable bonds is 15. The zero-order valence-corrected chi connectivity index (χ0v) is 23.1. The number of alkyl halides is 4. The number of nitrogens with one attached hydrogen (secondary N) is 2. The number of nitrogens with two attached hydrogens (primary N) is 1. The molecule has 204 valence electrons. The second-order valence-corrected chi connectivity index (χ2v) is 9.62. The van der Waals surface area contributed by atoms with E-state index in [-0.39, 0.29) is 12.3 Å². The Morgan fingerprint density at radius 2 is 1.68 bits per heavy atom. The maximum absolute atomic E-state index is 13.2. The highest BCUT2D eigenvalue weighted by Crippen LogP contribution is 2.32. The average molecular weight is 585 g/mol. The number of benzene rings is 2. The summed E-state index contributed by atoms with van der Waals surface area (Å²) in [7, 11) is 0. The van der Waals surface area contributed by atoms with Gasteiger partial charge in [-0.2, -0.15) is 13.2 Å². The average Bonchev–Trinajstić information content (AvgIpc) is 2.85. The summed E-state index contributed by atoms with van der Waals surface area (Å²) < 4.78 is 45.0. The Morgan fingerprint density at radius 3 is 2.30 bits per heavy atom. The van der Waals surface area contributed by atoms with Crippen molar-refractivity contribution in [2.24, 2.45) is 0 Å². The fourth-order valence-corrected chi connectivity index (χ4v) is 4.40. The lowest BCUT2D eigenvalue weighted by Gasteiger charge is -2.24. The molecule has 5 nitrogen and oxygen atoms in total. The van der Waals surface area contributed by atoms with Gasteiger partial charge in [-0.25, -0.2) is 4.79 Å². The highest BCUT2D eigenvalue weighted by atomic mass is 79.9. The topological polar surface area (TPSA) is 76.4 Å². The smallest absolute Gasteiger partial charge is 0.416 e. The van der Waals surface area contributed by atoms with Gasteiger partial charge in [0, 0.05) is 22.4 Å². The van der Waals surface area contributed by atoms with E-state index in [4.69, 9.17) is 10.5 Å². The van der Waals surface area contributed by atoms with Crippen LogP contribution in [0.3, 0.4) is 0 Å². The maximum atomic E-state index is 13.2. The lowest BCUT2D eigenvalue weighted by Crippen LogP contribution is -2.30. The van der Waals surface area contributed by atoms with E-state index < -0.39 is 23.8 Å². The molecule has 0 radical (unpaired) electrons. The minimum atomic E-state index is -4.47. The van der Waals surface area contributed by atoms with E-state index in [1.807, 2.05) is 12.1 Å². The first-order chi connectivity index (χ1) is 17.7. The van der Waals surface area contributed by atoms with Crippen molar-refractivity contribution in [3.63, 3.8) is 0 Å². The molecule has 4 N–H and O–H groups in total. The van der Waals surface area contributed by atoms with E-state index in [9.17, 15) is 18.0 Å². The summed E-state index contributed by atoms with van der Waals surface area (Å²) in [6.45, 7) is 4.21. The van der Waals surface area contributed by atoms with E-state index in [2.05, 4.69) is 26.6 Å². The first-order valence-corrected chi connectivity index (χ1v) is 13.8. The van der Waals surface area contributed by atoms with Crippen LogP contribution in [0.4, 0.5) is 24.5 Å². The second-order valence-electron chi connectivity index (χ2n) is 8.83. The molecule has 0 saturated heterocycles. The predicted octanol–water partition coefficient (Wildman–Crippen LogP) is 7.60. The molecule has 2 aromatic carbocycles. The van der Waals surface area contributed by atoms with E-state index >= 15 is 0 Å². The Bertz CT molecular complexity index is 1010. The van der Waals surface area contributed by atoms with Crippen molar-refractivity contribution in [3.05, 3.63) is 70.9 Å². The SMILES string of the molecule is CCOC(=O)/C(=C(\C)Nc1cccc(C(F)(F)F)c1)C(NCCCCCCCCBr)c1ccc(N)cc1. The Balaban J connectivity index is 2.32. The largest absolute Gasteiger partial charge is 0.463 e. The van der Waals surface area contributed by atoms with Gasteiger partial charge in [0.1, 0.15) is 0 Å². The van der Waals surface area contributed by atoms with Gasteiger partial charge in [-0.1, -0.05) is 59.8 Å². The van der Waals surface area contributed by atoms with E-state index in [0.717, 1.165) is 42.3 Å². The van der Waals surface area contributed by atoms with Gasteiger partial charge in [-0.3, -0.25) is 0 Å². The molecule has 0 heterocycles. The Morgan fingerprint density at radius 1 is 1.03 bits per heavy atom. The lowest BCUT2D eigenvalue weighted by atomic mass is 9.96. The van der Waals surface area contributed by atoms with Crippen LogP contribution in [0.5, 0.6) is 0 Å². The summed E-state index contributed by atoms with van der Waals surface area (Å²) in [6, 6.07) is 11.5. The van der Waals surface area contributed by atoms with Crippen LogP contribution < -0.4 is 16.4 Å². The Hall–Kier alpha value is -2.52. The first kappa shape index (κ1) is 30.7. The lowest BCUT2D eigenvalue weighted by molar-refractivity contribution is -0.139. The molecule has 0 amide bonds. The van der Waals surface area contributed by atoms with Crippen molar-refractivity contribution in [1.29, 1.82) is 0 Å². The third-order valence-corrected chi connectivity index (χ3v) is 6.45. The molecule has 0 bridgehead atoms. The fraction of sp³-hybridized carbons (Fsp3) is 0.464. The summed E-state index contributed by atoms with van der Waals surface area (Å²) >= 11 is 3.45. The number of hydrogen-bond acceptors (Lipinski definition) is 5. The van der Waals surface area contributed by atoms with Crippen molar-refractivity contribution >= 4 is 33.3 Å². The number of halogens is 4. The quantitative estimate of drug-likeness (QED) is 0.0661. The van der Waals surface area contributed by atoms with Crippen molar-refractivity contribution in [2.45, 2.75) is 64.6 Å². The maximum Gasteiger partial charge on any atom is 0.416 e. The van der Waals surface area contributed by atoms with Crippen LogP contribution in [-0.2, 0) is 15.7 Å². The molecule has 37 heavy (non-hydrogen) atoms. The molecule has 9 heteroatoms. The predicted molar refractivity (Wildman–Crippen MR) is 147 cm³/mol. The van der Waals surface area contributed by atoms with Gasteiger partial charge in [0.05, 0.1) is 23.8 Å². The molecule has 2 aromatic rings. The Labute approximate surface area is 226 Å². The number of unbranched alkanes of at least 4 members (excludes halogenated alkanes) is 5. The third-order valence-electron chi connectivity index (χ3n) is 5.89. The van der Waals surface area contributed by atoms with Crippen molar-refractivity contribution < 1.29 is 22.7 Å². The molecule has 0 aromatic heterocycles. The van der Waals surface area contributed by atoms with Gasteiger partial charge >= 0.3 is 12.1 Å². The highest BCUT2D eigenvalue weighted by molar-refractivity contribution is 9.09. The molecule has 0 aliphatic carbocycles. The molecule has 0 spiro atoms. The van der Waals surface area contributed by atoms with Crippen LogP contribution in [0.2, 0.25) is 0 Å². The van der Waals surface area contributed by atoms with Gasteiger partial charge in [-0.15, -0.1) is 0 Å². The molecule has 0 saturated carbocycles. The monoisotopic (exact) mass is 583 g/mol. The van der Waals surface area contributed by atoms with Gasteiger partial charge in [0.2, 0.25) is 0 Å². The molecule has 2 rings (SSSR count). The number of allylic oxidation sites excluding steroid dienone is 1. The van der Waals surface area contributed by atoms with E-state index in [1.165, 1.54) is 31.4 Å². The number of carbonyl (C=O) groups excluding carboxylic acids is 1. The van der Waals surface area contributed by atoms with Gasteiger partial charge in [-0.05, 0) is 69.1 Å². The summed E-state index contributed by atoms with van der Waals surface area (Å²) in [5.41, 5.74) is 7.45. The molecule has 1 unspecified atom stereocenters. The summed E-state index contributed by atoms with van der Waals surface area (Å²) in [5.74, 6) is -0.538. The molecule has 0 fully saturated rings. The zero-order chi connectivity index (χ0) is 27.3. The van der Waals surface area contributed by atoms with Crippen LogP contribution in [0.1, 0.15) is 69.5 Å². The molecule has 0 aliphatic rings. The molecular weight excluding hydrogens is 547 g/mol. The molecule has 0 aliphatic heterocycles. The number of nitrogen functional groups attached to an aromatic ring is 1. The van der Waals surface area contributed by atoms with Gasteiger partial charge in [0.25, 0.3) is 0 Å². The van der Waals surface area contributed by atoms with Crippen LogP contribution in [-0.4, -0.2) is 24.5 Å². The summed E-state index contributed by atoms with van der Waals surface area (Å²) in [6.07, 6.45) is 2.20.